The van der Waals surface area contributed by atoms with Gasteiger partial charge in [-0.15, -0.1) is 11.6 Å². The lowest BCUT2D eigenvalue weighted by Crippen LogP contribution is -2.47. The summed E-state index contributed by atoms with van der Waals surface area (Å²) in [7, 11) is 1.41. The van der Waals surface area contributed by atoms with Crippen molar-refractivity contribution in [1.29, 1.82) is 0 Å². The van der Waals surface area contributed by atoms with Gasteiger partial charge in [0.1, 0.15) is 5.60 Å². The van der Waals surface area contributed by atoms with Crippen molar-refractivity contribution in [1.82, 2.24) is 10.2 Å². The number of rotatable bonds is 7. The maximum absolute atomic E-state index is 12.2. The summed E-state index contributed by atoms with van der Waals surface area (Å²) >= 11 is 6.51. The first-order chi connectivity index (χ1) is 14.0. The minimum absolute atomic E-state index is 0.0644. The number of hydrogen-bond donors (Lipinski definition) is 1. The van der Waals surface area contributed by atoms with Gasteiger partial charge in [-0.25, -0.2) is 4.79 Å². The third-order valence-electron chi connectivity index (χ3n) is 5.20. The van der Waals surface area contributed by atoms with E-state index in [4.69, 9.17) is 21.1 Å². The van der Waals surface area contributed by atoms with Crippen molar-refractivity contribution in [2.45, 2.75) is 64.1 Å². The number of piperidine rings is 1. The molecule has 0 aliphatic carbocycles. The van der Waals surface area contributed by atoms with E-state index in [0.717, 1.165) is 18.4 Å². The molecule has 2 rings (SSSR count). The van der Waals surface area contributed by atoms with Crippen LogP contribution in [0, 0.1) is 16.0 Å². The Labute approximate surface area is 183 Å². The lowest BCUT2D eigenvalue weighted by atomic mass is 9.90. The maximum Gasteiger partial charge on any atom is 0.410 e. The molecule has 30 heavy (non-hydrogen) atoms. The normalized spacial score (nSPS) is 17.3. The number of nitro benzene ring substituents is 1. The highest BCUT2D eigenvalue weighted by Crippen LogP contribution is 2.28. The van der Waals surface area contributed by atoms with E-state index in [0.29, 0.717) is 25.4 Å². The number of nitrogens with zero attached hydrogens (tertiary/aromatic N) is 2. The van der Waals surface area contributed by atoms with Crippen LogP contribution in [0.2, 0.25) is 0 Å². The van der Waals surface area contributed by atoms with Gasteiger partial charge in [0.25, 0.3) is 0 Å². The molecule has 9 heteroatoms. The zero-order chi connectivity index (χ0) is 22.5. The number of likely N-dealkylation sites (tertiary alicyclic amines) is 1. The fourth-order valence-electron chi connectivity index (χ4n) is 3.60. The predicted molar refractivity (Wildman–Crippen MR) is 116 cm³/mol. The topological polar surface area (TPSA) is 93.9 Å². The third-order valence-corrected chi connectivity index (χ3v) is 5.48. The Hall–Kier alpha value is -2.06. The second kappa shape index (κ2) is 10.3. The molecule has 1 aromatic carbocycles. The van der Waals surface area contributed by atoms with Gasteiger partial charge < -0.3 is 14.4 Å². The van der Waals surface area contributed by atoms with E-state index in [-0.39, 0.29) is 29.1 Å². The monoisotopic (exact) mass is 441 g/mol. The number of carbonyl (C=O) groups is 1. The van der Waals surface area contributed by atoms with Crippen molar-refractivity contribution in [2.24, 2.45) is 5.92 Å². The van der Waals surface area contributed by atoms with E-state index >= 15 is 0 Å². The quantitative estimate of drug-likeness (QED) is 0.293. The van der Waals surface area contributed by atoms with Crippen LogP contribution in [-0.4, -0.2) is 53.3 Å². The van der Waals surface area contributed by atoms with Crippen molar-refractivity contribution in [2.75, 3.05) is 20.2 Å². The second-order valence-corrected chi connectivity index (χ2v) is 9.22. The molecule has 0 aromatic heterocycles. The summed E-state index contributed by atoms with van der Waals surface area (Å²) < 4.78 is 10.6. The van der Waals surface area contributed by atoms with Crippen LogP contribution in [0.5, 0.6) is 5.75 Å². The molecule has 1 fully saturated rings. The highest BCUT2D eigenvalue weighted by Gasteiger charge is 2.29. The number of ether oxygens (including phenoxy) is 2. The smallest absolute Gasteiger partial charge is 0.410 e. The fourth-order valence-corrected chi connectivity index (χ4v) is 3.97. The molecule has 1 N–H and O–H groups in total. The van der Waals surface area contributed by atoms with Crippen LogP contribution in [-0.2, 0) is 11.2 Å². The molecule has 0 radical (unpaired) electrons. The zero-order valence-corrected chi connectivity index (χ0v) is 19.1. The lowest BCUT2D eigenvalue weighted by Gasteiger charge is -2.36. The lowest BCUT2D eigenvalue weighted by molar-refractivity contribution is -0.385. The highest BCUT2D eigenvalue weighted by atomic mass is 35.5. The SMILES string of the molecule is COc1cc(CC(Cl)NC(C)C2CCN(C(=O)OC(C)(C)C)CC2)ccc1[N+](=O)[O-]. The Bertz CT molecular complexity index is 745. The minimum Gasteiger partial charge on any atom is -0.490 e. The Morgan fingerprint density at radius 3 is 2.53 bits per heavy atom. The van der Waals surface area contributed by atoms with Gasteiger partial charge >= 0.3 is 11.8 Å². The molecule has 1 aliphatic rings. The Morgan fingerprint density at radius 1 is 1.37 bits per heavy atom. The van der Waals surface area contributed by atoms with Crippen LogP contribution in [0.25, 0.3) is 0 Å². The first-order valence-electron chi connectivity index (χ1n) is 10.2. The molecule has 168 valence electrons. The average Bonchev–Trinajstić information content (AvgIpc) is 2.66. The van der Waals surface area contributed by atoms with Crippen LogP contribution >= 0.6 is 11.6 Å². The second-order valence-electron chi connectivity index (χ2n) is 8.70. The predicted octanol–water partition coefficient (Wildman–Crippen LogP) is 4.34. The van der Waals surface area contributed by atoms with E-state index in [2.05, 4.69) is 12.2 Å². The molecule has 1 aromatic rings. The molecule has 1 saturated heterocycles. The van der Waals surface area contributed by atoms with Crippen molar-refractivity contribution < 1.29 is 19.2 Å². The molecular weight excluding hydrogens is 410 g/mol. The molecule has 0 saturated carbocycles. The zero-order valence-electron chi connectivity index (χ0n) is 18.3. The Morgan fingerprint density at radius 2 is 2.00 bits per heavy atom. The number of amides is 1. The molecule has 2 unspecified atom stereocenters. The average molecular weight is 442 g/mol. The van der Waals surface area contributed by atoms with Crippen LogP contribution < -0.4 is 10.1 Å². The van der Waals surface area contributed by atoms with E-state index in [9.17, 15) is 14.9 Å². The number of methoxy groups -OCH3 is 1. The first kappa shape index (κ1) is 24.2. The minimum atomic E-state index is -0.491. The first-order valence-corrected chi connectivity index (χ1v) is 10.6. The summed E-state index contributed by atoms with van der Waals surface area (Å²) in [5.74, 6) is 0.625. The Balaban J connectivity index is 1.84. The number of nitrogens with one attached hydrogen (secondary N) is 1. The summed E-state index contributed by atoms with van der Waals surface area (Å²) in [6.07, 6.45) is 2.01. The molecular formula is C21H32ClN3O5. The van der Waals surface area contributed by atoms with E-state index in [1.165, 1.54) is 13.2 Å². The number of halogens is 1. The van der Waals surface area contributed by atoms with E-state index in [1.54, 1.807) is 17.0 Å². The maximum atomic E-state index is 12.2. The van der Waals surface area contributed by atoms with Crippen molar-refractivity contribution >= 4 is 23.4 Å². The summed E-state index contributed by atoms with van der Waals surface area (Å²) in [5, 5.41) is 14.4. The van der Waals surface area contributed by atoms with Crippen LogP contribution in [0.4, 0.5) is 10.5 Å². The largest absolute Gasteiger partial charge is 0.490 e. The van der Waals surface area contributed by atoms with Gasteiger partial charge in [0.05, 0.1) is 17.5 Å². The summed E-state index contributed by atoms with van der Waals surface area (Å²) in [6, 6.07) is 4.96. The van der Waals surface area contributed by atoms with Crippen LogP contribution in [0.1, 0.15) is 46.1 Å². The fraction of sp³-hybridized carbons (Fsp3) is 0.667. The third kappa shape index (κ3) is 7.02. The number of alkyl halides is 1. The number of carbonyl (C=O) groups excluding carboxylic acids is 1. The standard InChI is InChI=1S/C21H32ClN3O5/c1-14(16-8-10-24(11-9-16)20(26)30-21(2,3)4)23-19(22)13-15-6-7-17(25(27)28)18(12-15)29-5/h6-7,12,14,16,19,23H,8-11,13H2,1-5H3. The van der Waals surface area contributed by atoms with Crippen LogP contribution in [0.3, 0.4) is 0 Å². The number of benzene rings is 1. The van der Waals surface area contributed by atoms with Gasteiger partial charge in [-0.05, 0) is 58.1 Å². The number of nitro groups is 1. The molecule has 8 nitrogen and oxygen atoms in total. The highest BCUT2D eigenvalue weighted by molar-refractivity contribution is 6.20. The van der Waals surface area contributed by atoms with Gasteiger partial charge in [-0.3, -0.25) is 15.4 Å². The van der Waals surface area contributed by atoms with Crippen molar-refractivity contribution in [3.05, 3.63) is 33.9 Å². The summed E-state index contributed by atoms with van der Waals surface area (Å²) in [6.45, 7) is 9.02. The van der Waals surface area contributed by atoms with Crippen molar-refractivity contribution in [3.8, 4) is 5.75 Å². The molecule has 0 spiro atoms. The van der Waals surface area contributed by atoms with E-state index in [1.807, 2.05) is 20.8 Å². The molecule has 0 bridgehead atoms. The molecule has 1 amide bonds. The van der Waals surface area contributed by atoms with Crippen molar-refractivity contribution in [3.63, 3.8) is 0 Å². The molecule has 1 heterocycles. The summed E-state index contributed by atoms with van der Waals surface area (Å²) in [4.78, 5) is 24.5. The number of hydrogen-bond acceptors (Lipinski definition) is 6. The van der Waals surface area contributed by atoms with E-state index < -0.39 is 10.5 Å². The van der Waals surface area contributed by atoms with Gasteiger partial charge in [0.2, 0.25) is 0 Å². The Kier molecular flexibility index (Phi) is 8.32. The molecule has 2 atom stereocenters. The summed E-state index contributed by atoms with van der Waals surface area (Å²) in [5.41, 5.74) is -0.0211. The van der Waals surface area contributed by atoms with Gasteiger partial charge in [-0.2, -0.15) is 0 Å². The van der Waals surface area contributed by atoms with Gasteiger partial charge in [0, 0.05) is 31.6 Å². The van der Waals surface area contributed by atoms with Gasteiger partial charge in [-0.1, -0.05) is 6.07 Å². The molecule has 1 aliphatic heterocycles. The van der Waals surface area contributed by atoms with Gasteiger partial charge in [0.15, 0.2) is 5.75 Å². The van der Waals surface area contributed by atoms with Crippen LogP contribution in [0.15, 0.2) is 18.2 Å².